The minimum Gasteiger partial charge on any atom is -0.489 e. The maximum atomic E-state index is 13.4. The summed E-state index contributed by atoms with van der Waals surface area (Å²) in [5, 5.41) is 8.93. The lowest BCUT2D eigenvalue weighted by atomic mass is 9.82. The molecule has 0 bridgehead atoms. The van der Waals surface area contributed by atoms with Crippen LogP contribution < -0.4 is 9.61 Å². The SMILES string of the molecule is Cc1cccc(COc2ccc(Br)cc2[C@@H]2c3sc(=O)[nH]c3SC3C(=O)N(CC(=O)O)C(=O)C32)c1. The monoisotopic (exact) mass is 574 g/mol. The largest absolute Gasteiger partial charge is 0.489 e. The number of aromatic amines is 1. The molecule has 0 radical (unpaired) electrons. The first-order valence-electron chi connectivity index (χ1n) is 10.7. The van der Waals surface area contributed by atoms with E-state index in [0.29, 0.717) is 27.8 Å². The highest BCUT2D eigenvalue weighted by atomic mass is 79.9. The van der Waals surface area contributed by atoms with E-state index in [2.05, 4.69) is 20.9 Å². The molecular weight excluding hydrogens is 556 g/mol. The van der Waals surface area contributed by atoms with Crippen LogP contribution in [0.3, 0.4) is 0 Å². The number of likely N-dealkylation sites (tertiary alicyclic amines) is 1. The second-order valence-electron chi connectivity index (χ2n) is 8.37. The molecule has 2 unspecified atom stereocenters. The zero-order chi connectivity index (χ0) is 24.9. The van der Waals surface area contributed by atoms with E-state index in [0.717, 1.165) is 43.6 Å². The second kappa shape index (κ2) is 9.29. The van der Waals surface area contributed by atoms with Crippen molar-refractivity contribution in [3.63, 3.8) is 0 Å². The van der Waals surface area contributed by atoms with Gasteiger partial charge in [-0.1, -0.05) is 68.9 Å². The number of thiazole rings is 1. The summed E-state index contributed by atoms with van der Waals surface area (Å²) in [7, 11) is 0. The number of aromatic nitrogens is 1. The number of hydrogen-bond donors (Lipinski definition) is 2. The molecular formula is C24H19BrN2O6S2. The van der Waals surface area contributed by atoms with Crippen LogP contribution in [-0.4, -0.2) is 44.6 Å². The standard InChI is InChI=1S/C24H19BrN2O6S2/c1-11-3-2-4-12(7-11)10-33-15-6-5-13(25)8-14(15)17-18-20(34-21-19(17)35-24(32)26-21)23(31)27(22(18)30)9-16(28)29/h2-8,17-18,20H,9-10H2,1H3,(H,26,32)(H,28,29)/t17-,18?,20?/m0/s1. The third-order valence-corrected chi connectivity index (χ3v) is 8.89. The Bertz CT molecular complexity index is 1420. The summed E-state index contributed by atoms with van der Waals surface area (Å²) in [6, 6.07) is 13.4. The van der Waals surface area contributed by atoms with Crippen molar-refractivity contribution in [2.75, 3.05) is 6.54 Å². The molecule has 11 heteroatoms. The van der Waals surface area contributed by atoms with E-state index >= 15 is 0 Å². The number of nitrogens with zero attached hydrogens (tertiary/aromatic N) is 1. The van der Waals surface area contributed by atoms with Crippen LogP contribution in [0.2, 0.25) is 0 Å². The number of H-pyrrole nitrogens is 1. The Morgan fingerprint density at radius 2 is 1.97 bits per heavy atom. The summed E-state index contributed by atoms with van der Waals surface area (Å²) in [4.78, 5) is 54.0. The number of aliphatic carboxylic acids is 1. The average molecular weight is 575 g/mol. The number of carboxylic acids is 1. The Kier molecular flexibility index (Phi) is 6.32. The minimum absolute atomic E-state index is 0.285. The van der Waals surface area contributed by atoms with Crippen molar-refractivity contribution in [1.82, 2.24) is 9.88 Å². The molecule has 1 saturated heterocycles. The fourth-order valence-electron chi connectivity index (χ4n) is 4.56. The number of thioether (sulfide) groups is 1. The summed E-state index contributed by atoms with van der Waals surface area (Å²) in [5.74, 6) is -3.38. The van der Waals surface area contributed by atoms with Crippen molar-refractivity contribution in [3.05, 3.63) is 78.2 Å². The second-order valence-corrected chi connectivity index (χ2v) is 11.4. The number of ether oxygens (including phenoxy) is 1. The summed E-state index contributed by atoms with van der Waals surface area (Å²) in [6.45, 7) is 1.59. The van der Waals surface area contributed by atoms with E-state index in [9.17, 15) is 24.3 Å². The fraction of sp³-hybridized carbons (Fsp3) is 0.250. The number of aryl methyl sites for hydroxylation is 1. The first kappa shape index (κ1) is 23.8. The van der Waals surface area contributed by atoms with Crippen LogP contribution in [-0.2, 0) is 21.0 Å². The molecule has 0 spiro atoms. The molecule has 3 atom stereocenters. The van der Waals surface area contributed by atoms with Gasteiger partial charge >= 0.3 is 10.8 Å². The normalized spacial score (nSPS) is 21.1. The van der Waals surface area contributed by atoms with Gasteiger partial charge < -0.3 is 14.8 Å². The van der Waals surface area contributed by atoms with E-state index in [4.69, 9.17) is 4.74 Å². The number of carbonyl (C=O) groups is 3. The predicted octanol–water partition coefficient (Wildman–Crippen LogP) is 3.76. The summed E-state index contributed by atoms with van der Waals surface area (Å²) in [6.07, 6.45) is 0. The van der Waals surface area contributed by atoms with E-state index in [1.165, 1.54) is 0 Å². The lowest BCUT2D eigenvalue weighted by Crippen LogP contribution is -2.36. The van der Waals surface area contributed by atoms with Gasteiger partial charge in [-0.3, -0.25) is 24.1 Å². The van der Waals surface area contributed by atoms with E-state index in [-0.39, 0.29) is 4.87 Å². The van der Waals surface area contributed by atoms with Gasteiger partial charge in [0, 0.05) is 20.8 Å². The molecule has 2 aliphatic heterocycles. The number of rotatable bonds is 6. The maximum Gasteiger partial charge on any atom is 0.323 e. The lowest BCUT2D eigenvalue weighted by molar-refractivity contribution is -0.149. The van der Waals surface area contributed by atoms with Gasteiger partial charge in [0.1, 0.15) is 24.2 Å². The van der Waals surface area contributed by atoms with Gasteiger partial charge in [-0.05, 0) is 30.7 Å². The molecule has 2 amide bonds. The molecule has 5 rings (SSSR count). The zero-order valence-electron chi connectivity index (χ0n) is 18.3. The molecule has 3 aromatic rings. The van der Waals surface area contributed by atoms with Crippen molar-refractivity contribution in [3.8, 4) is 5.75 Å². The van der Waals surface area contributed by atoms with E-state index in [1.54, 1.807) is 6.07 Å². The van der Waals surface area contributed by atoms with Crippen molar-refractivity contribution >= 4 is 56.8 Å². The molecule has 180 valence electrons. The molecule has 35 heavy (non-hydrogen) atoms. The van der Waals surface area contributed by atoms with Crippen molar-refractivity contribution < 1.29 is 24.2 Å². The Labute approximate surface area is 216 Å². The number of hydrogen-bond acceptors (Lipinski definition) is 7. The molecule has 1 fully saturated rings. The molecule has 1 aromatic heterocycles. The summed E-state index contributed by atoms with van der Waals surface area (Å²) in [5.41, 5.74) is 2.73. The van der Waals surface area contributed by atoms with Crippen molar-refractivity contribution in [2.45, 2.75) is 29.7 Å². The highest BCUT2D eigenvalue weighted by Gasteiger charge is 2.56. The van der Waals surface area contributed by atoms with Crippen LogP contribution >= 0.6 is 39.0 Å². The van der Waals surface area contributed by atoms with Crippen molar-refractivity contribution in [2.24, 2.45) is 5.92 Å². The maximum absolute atomic E-state index is 13.4. The number of nitrogens with one attached hydrogen (secondary N) is 1. The molecule has 8 nitrogen and oxygen atoms in total. The molecule has 0 aliphatic carbocycles. The van der Waals surface area contributed by atoms with Crippen LogP contribution in [0.25, 0.3) is 0 Å². The number of imide groups is 1. The van der Waals surface area contributed by atoms with E-state index < -0.39 is 41.4 Å². The Morgan fingerprint density at radius 3 is 2.71 bits per heavy atom. The van der Waals surface area contributed by atoms with Gasteiger partial charge in [-0.2, -0.15) is 0 Å². The highest BCUT2D eigenvalue weighted by Crippen LogP contribution is 2.54. The summed E-state index contributed by atoms with van der Waals surface area (Å²) >= 11 is 5.59. The van der Waals surface area contributed by atoms with Crippen LogP contribution in [0, 0.1) is 12.8 Å². The average Bonchev–Trinajstić information content (AvgIpc) is 3.28. The first-order valence-corrected chi connectivity index (χ1v) is 13.2. The fourth-order valence-corrected chi connectivity index (χ4v) is 7.46. The topological polar surface area (TPSA) is 117 Å². The number of amides is 2. The number of carboxylic acid groups (broad SMARTS) is 1. The first-order chi connectivity index (χ1) is 16.7. The molecule has 2 aliphatic rings. The van der Waals surface area contributed by atoms with Crippen molar-refractivity contribution in [1.29, 1.82) is 0 Å². The predicted molar refractivity (Wildman–Crippen MR) is 134 cm³/mol. The summed E-state index contributed by atoms with van der Waals surface area (Å²) < 4.78 is 6.94. The third-order valence-electron chi connectivity index (χ3n) is 5.99. The quantitative estimate of drug-likeness (QED) is 0.430. The number of halogens is 1. The molecule has 3 heterocycles. The van der Waals surface area contributed by atoms with E-state index in [1.807, 2.05) is 43.3 Å². The minimum atomic E-state index is -1.26. The van der Waals surface area contributed by atoms with Gasteiger partial charge in [-0.25, -0.2) is 0 Å². The van der Waals surface area contributed by atoms with Gasteiger partial charge in [0.2, 0.25) is 11.8 Å². The third kappa shape index (κ3) is 4.43. The van der Waals surface area contributed by atoms with Gasteiger partial charge in [-0.15, -0.1) is 0 Å². The molecule has 2 N–H and O–H groups in total. The smallest absolute Gasteiger partial charge is 0.323 e. The van der Waals surface area contributed by atoms with Gasteiger partial charge in [0.15, 0.2) is 0 Å². The van der Waals surface area contributed by atoms with Crippen LogP contribution in [0.15, 0.2) is 56.8 Å². The van der Waals surface area contributed by atoms with Crippen LogP contribution in [0.5, 0.6) is 5.75 Å². The highest BCUT2D eigenvalue weighted by molar-refractivity contribution is 9.10. The Balaban J connectivity index is 1.59. The Hall–Kier alpha value is -2.89. The number of benzene rings is 2. The Morgan fingerprint density at radius 1 is 1.17 bits per heavy atom. The zero-order valence-corrected chi connectivity index (χ0v) is 21.5. The van der Waals surface area contributed by atoms with Crippen LogP contribution in [0.1, 0.15) is 27.5 Å². The number of fused-ring (bicyclic) bond motifs is 2. The van der Waals surface area contributed by atoms with Crippen LogP contribution in [0.4, 0.5) is 0 Å². The van der Waals surface area contributed by atoms with Gasteiger partial charge in [0.25, 0.3) is 0 Å². The molecule has 0 saturated carbocycles. The lowest BCUT2D eigenvalue weighted by Gasteiger charge is -2.31. The van der Waals surface area contributed by atoms with Gasteiger partial charge in [0.05, 0.1) is 10.9 Å². The number of carbonyl (C=O) groups excluding carboxylic acids is 2. The molecule has 2 aromatic carbocycles.